The van der Waals surface area contributed by atoms with Gasteiger partial charge in [0.1, 0.15) is 0 Å². The summed E-state index contributed by atoms with van der Waals surface area (Å²) >= 11 is 0. The summed E-state index contributed by atoms with van der Waals surface area (Å²) in [5.41, 5.74) is 7.59. The molecule has 0 radical (unpaired) electrons. The van der Waals surface area contributed by atoms with Crippen LogP contribution in [0.15, 0.2) is 54.7 Å². The van der Waals surface area contributed by atoms with E-state index < -0.39 is 0 Å². The second-order valence-corrected chi connectivity index (χ2v) is 6.10. The normalized spacial score (nSPS) is 10.5. The molecule has 0 aliphatic heterocycles. The second-order valence-electron chi connectivity index (χ2n) is 6.10. The Hall–Kier alpha value is -2.81. The number of pyridine rings is 1. The van der Waals surface area contributed by atoms with E-state index in [1.165, 1.54) is 16.5 Å². The van der Waals surface area contributed by atoms with E-state index in [2.05, 4.69) is 59.1 Å². The van der Waals surface area contributed by atoms with E-state index in [4.69, 9.17) is 0 Å². The Morgan fingerprint density at radius 2 is 1.46 bits per heavy atom. The summed E-state index contributed by atoms with van der Waals surface area (Å²) < 4.78 is 0. The molecule has 3 heteroatoms. The Kier molecular flexibility index (Phi) is 4.52. The highest BCUT2D eigenvalue weighted by atomic mass is 14.8. The third kappa shape index (κ3) is 3.57. The van der Waals surface area contributed by atoms with Crippen molar-refractivity contribution in [1.82, 2.24) is 15.0 Å². The lowest BCUT2D eigenvalue weighted by Gasteiger charge is -2.00. The van der Waals surface area contributed by atoms with E-state index >= 15 is 0 Å². The third-order valence-corrected chi connectivity index (χ3v) is 3.91. The van der Waals surface area contributed by atoms with Gasteiger partial charge < -0.3 is 0 Å². The van der Waals surface area contributed by atoms with E-state index in [0.717, 1.165) is 27.9 Å². The third-order valence-electron chi connectivity index (χ3n) is 3.91. The first-order valence-electron chi connectivity index (χ1n) is 8.06. The minimum absolute atomic E-state index is 0.964. The molecule has 24 heavy (non-hydrogen) atoms. The molecule has 0 atom stereocenters. The summed E-state index contributed by atoms with van der Waals surface area (Å²) in [5, 5.41) is 1.25. The van der Waals surface area contributed by atoms with Crippen molar-refractivity contribution in [3.63, 3.8) is 0 Å². The summed E-state index contributed by atoms with van der Waals surface area (Å²) in [7, 11) is 0. The van der Waals surface area contributed by atoms with Crippen LogP contribution in [0.1, 0.15) is 22.5 Å². The number of aromatic nitrogens is 3. The summed E-state index contributed by atoms with van der Waals surface area (Å²) in [6.45, 7) is 8.13. The Labute approximate surface area is 142 Å². The molecule has 120 valence electrons. The Balaban J connectivity index is 0.000000141. The monoisotopic (exact) mass is 315 g/mol. The summed E-state index contributed by atoms with van der Waals surface area (Å²) in [6.07, 6.45) is 1.79. The van der Waals surface area contributed by atoms with Crippen LogP contribution in [-0.4, -0.2) is 15.0 Å². The minimum Gasteiger partial charge on any atom is -0.253 e. The first-order valence-corrected chi connectivity index (χ1v) is 8.06. The summed E-state index contributed by atoms with van der Waals surface area (Å²) in [4.78, 5) is 13.1. The molecule has 0 fully saturated rings. The molecular formula is C21H21N3. The van der Waals surface area contributed by atoms with E-state index in [1.54, 1.807) is 6.20 Å². The van der Waals surface area contributed by atoms with Crippen LogP contribution in [0.5, 0.6) is 0 Å². The minimum atomic E-state index is 0.964. The van der Waals surface area contributed by atoms with Crippen molar-refractivity contribution in [1.29, 1.82) is 0 Å². The van der Waals surface area contributed by atoms with Crippen molar-refractivity contribution >= 4 is 21.9 Å². The standard InChI is InChI=1S/C11H11N.C10H10N2/c1-8-4-3-5-11-10(8)7-6-9(2)12-11;1-7-3-4-9-10(5-7)11-6-8(2)12-9/h3-7H,1-2H3;3-6H,1-2H3. The maximum atomic E-state index is 4.44. The van der Waals surface area contributed by atoms with Gasteiger partial charge in [-0.3, -0.25) is 9.97 Å². The highest BCUT2D eigenvalue weighted by molar-refractivity contribution is 5.81. The van der Waals surface area contributed by atoms with Crippen LogP contribution < -0.4 is 0 Å². The van der Waals surface area contributed by atoms with Gasteiger partial charge in [0.05, 0.1) is 22.2 Å². The number of aryl methyl sites for hydroxylation is 4. The Bertz CT molecular complexity index is 965. The van der Waals surface area contributed by atoms with Crippen LogP contribution in [0.2, 0.25) is 0 Å². The highest BCUT2D eigenvalue weighted by Crippen LogP contribution is 2.16. The molecule has 4 aromatic rings. The number of fused-ring (bicyclic) bond motifs is 2. The smallest absolute Gasteiger partial charge is 0.0890 e. The van der Waals surface area contributed by atoms with E-state index in [0.29, 0.717) is 0 Å². The zero-order chi connectivity index (χ0) is 17.1. The molecule has 0 spiro atoms. The fraction of sp³-hybridized carbons (Fsp3) is 0.190. The van der Waals surface area contributed by atoms with Gasteiger partial charge in [0.2, 0.25) is 0 Å². The molecule has 2 heterocycles. The number of hydrogen-bond acceptors (Lipinski definition) is 3. The number of hydrogen-bond donors (Lipinski definition) is 0. The quantitative estimate of drug-likeness (QED) is 0.453. The largest absolute Gasteiger partial charge is 0.253 e. The molecule has 0 unspecified atom stereocenters. The maximum Gasteiger partial charge on any atom is 0.0890 e. The first-order chi connectivity index (χ1) is 11.5. The second kappa shape index (κ2) is 6.75. The Morgan fingerprint density at radius 3 is 2.29 bits per heavy atom. The van der Waals surface area contributed by atoms with Crippen molar-refractivity contribution in [3.05, 3.63) is 77.2 Å². The summed E-state index contributed by atoms with van der Waals surface area (Å²) in [6, 6.07) is 16.5. The Morgan fingerprint density at radius 1 is 0.667 bits per heavy atom. The molecule has 4 rings (SSSR count). The van der Waals surface area contributed by atoms with Crippen molar-refractivity contribution in [2.75, 3.05) is 0 Å². The number of benzene rings is 2. The molecular weight excluding hydrogens is 294 g/mol. The maximum absolute atomic E-state index is 4.44. The van der Waals surface area contributed by atoms with Crippen LogP contribution in [-0.2, 0) is 0 Å². The van der Waals surface area contributed by atoms with Crippen molar-refractivity contribution in [3.8, 4) is 0 Å². The topological polar surface area (TPSA) is 38.7 Å². The SMILES string of the molecule is Cc1ccc2c(C)cccc2n1.Cc1ccc2nc(C)cnc2c1. The van der Waals surface area contributed by atoms with Gasteiger partial charge in [-0.15, -0.1) is 0 Å². The number of rotatable bonds is 0. The van der Waals surface area contributed by atoms with Crippen molar-refractivity contribution in [2.24, 2.45) is 0 Å². The van der Waals surface area contributed by atoms with Gasteiger partial charge in [-0.1, -0.05) is 24.3 Å². The first kappa shape index (κ1) is 16.1. The predicted molar refractivity (Wildman–Crippen MR) is 100 cm³/mol. The van der Waals surface area contributed by atoms with Crippen LogP contribution in [0.25, 0.3) is 21.9 Å². The zero-order valence-electron chi connectivity index (χ0n) is 14.5. The molecule has 0 N–H and O–H groups in total. The van der Waals surface area contributed by atoms with Crippen LogP contribution >= 0.6 is 0 Å². The molecule has 0 saturated carbocycles. The van der Waals surface area contributed by atoms with Gasteiger partial charge in [0.15, 0.2) is 0 Å². The molecule has 0 amide bonds. The number of nitrogens with zero attached hydrogens (tertiary/aromatic N) is 3. The molecule has 0 aliphatic rings. The molecule has 3 nitrogen and oxygen atoms in total. The van der Waals surface area contributed by atoms with E-state index in [9.17, 15) is 0 Å². The van der Waals surface area contributed by atoms with E-state index in [1.807, 2.05) is 32.0 Å². The lowest BCUT2D eigenvalue weighted by atomic mass is 10.1. The van der Waals surface area contributed by atoms with Crippen LogP contribution in [0, 0.1) is 27.7 Å². The van der Waals surface area contributed by atoms with Gasteiger partial charge in [0, 0.05) is 17.3 Å². The van der Waals surface area contributed by atoms with Gasteiger partial charge >= 0.3 is 0 Å². The van der Waals surface area contributed by atoms with Gasteiger partial charge in [-0.05, 0) is 63.1 Å². The van der Waals surface area contributed by atoms with Crippen LogP contribution in [0.3, 0.4) is 0 Å². The molecule has 2 aromatic carbocycles. The summed E-state index contributed by atoms with van der Waals surface area (Å²) in [5.74, 6) is 0. The predicted octanol–water partition coefficient (Wildman–Crippen LogP) is 5.10. The highest BCUT2D eigenvalue weighted by Gasteiger charge is 1.96. The van der Waals surface area contributed by atoms with Crippen molar-refractivity contribution < 1.29 is 0 Å². The zero-order valence-corrected chi connectivity index (χ0v) is 14.5. The van der Waals surface area contributed by atoms with Crippen molar-refractivity contribution in [2.45, 2.75) is 27.7 Å². The van der Waals surface area contributed by atoms with Gasteiger partial charge in [-0.25, -0.2) is 4.98 Å². The van der Waals surface area contributed by atoms with Gasteiger partial charge in [0.25, 0.3) is 0 Å². The fourth-order valence-corrected chi connectivity index (χ4v) is 2.62. The lowest BCUT2D eigenvalue weighted by Crippen LogP contribution is -1.86. The lowest BCUT2D eigenvalue weighted by molar-refractivity contribution is 1.18. The van der Waals surface area contributed by atoms with E-state index in [-0.39, 0.29) is 0 Å². The average Bonchev–Trinajstić information content (AvgIpc) is 2.56. The molecule has 2 aromatic heterocycles. The fourth-order valence-electron chi connectivity index (χ4n) is 2.62. The molecule has 0 aliphatic carbocycles. The molecule has 0 bridgehead atoms. The molecule has 0 saturated heterocycles. The van der Waals surface area contributed by atoms with Crippen LogP contribution in [0.4, 0.5) is 0 Å². The van der Waals surface area contributed by atoms with Gasteiger partial charge in [-0.2, -0.15) is 0 Å². The average molecular weight is 315 g/mol.